The molecule has 3 aromatic rings. The number of nitrogens with zero attached hydrogens (tertiary/aromatic N) is 1. The molecule has 106 valence electrons. The summed E-state index contributed by atoms with van der Waals surface area (Å²) in [6.07, 6.45) is 0.706. The molecule has 1 unspecified atom stereocenters. The number of hydrogen-bond donors (Lipinski definition) is 1. The molecule has 0 spiro atoms. The Bertz CT molecular complexity index is 712. The highest BCUT2D eigenvalue weighted by Gasteiger charge is 2.07. The maximum Gasteiger partial charge on any atom is 0.119 e. The molecular weight excluding hydrogens is 260 g/mol. The van der Waals surface area contributed by atoms with E-state index in [1.165, 1.54) is 0 Å². The number of pyridine rings is 1. The van der Waals surface area contributed by atoms with Gasteiger partial charge in [-0.05, 0) is 24.3 Å². The van der Waals surface area contributed by atoms with Gasteiger partial charge in [-0.15, -0.1) is 0 Å². The van der Waals surface area contributed by atoms with E-state index in [9.17, 15) is 0 Å². The predicted octanol–water partition coefficient (Wildman–Crippen LogP) is 3.18. The molecule has 0 radical (unpaired) electrons. The first kappa shape index (κ1) is 13.6. The van der Waals surface area contributed by atoms with Gasteiger partial charge < -0.3 is 10.5 Å². The SMILES string of the molecule is NC(COc1ccccc1)Cc1ccc2ccccc2n1. The van der Waals surface area contributed by atoms with E-state index >= 15 is 0 Å². The summed E-state index contributed by atoms with van der Waals surface area (Å²) in [7, 11) is 0. The number of nitrogens with two attached hydrogens (primary N) is 1. The molecule has 0 bridgehead atoms. The third-order valence-electron chi connectivity index (χ3n) is 3.33. The van der Waals surface area contributed by atoms with Gasteiger partial charge in [0, 0.05) is 23.5 Å². The first-order valence-corrected chi connectivity index (χ1v) is 7.09. The van der Waals surface area contributed by atoms with Crippen molar-refractivity contribution < 1.29 is 4.74 Å². The minimum Gasteiger partial charge on any atom is -0.492 e. The van der Waals surface area contributed by atoms with E-state index in [-0.39, 0.29) is 6.04 Å². The van der Waals surface area contributed by atoms with Crippen LogP contribution < -0.4 is 10.5 Å². The summed E-state index contributed by atoms with van der Waals surface area (Å²) in [6.45, 7) is 0.485. The Morgan fingerprint density at radius 1 is 0.905 bits per heavy atom. The van der Waals surface area contributed by atoms with Crippen LogP contribution in [0.2, 0.25) is 0 Å². The van der Waals surface area contributed by atoms with Crippen molar-refractivity contribution in [2.45, 2.75) is 12.5 Å². The first-order chi connectivity index (χ1) is 10.3. The van der Waals surface area contributed by atoms with Crippen LogP contribution in [0.3, 0.4) is 0 Å². The van der Waals surface area contributed by atoms with Crippen LogP contribution in [0.15, 0.2) is 66.7 Å². The predicted molar refractivity (Wildman–Crippen MR) is 85.4 cm³/mol. The van der Waals surface area contributed by atoms with Crippen LogP contribution >= 0.6 is 0 Å². The van der Waals surface area contributed by atoms with E-state index in [1.54, 1.807) is 0 Å². The Hall–Kier alpha value is -2.39. The summed E-state index contributed by atoms with van der Waals surface area (Å²) in [5.74, 6) is 0.847. The van der Waals surface area contributed by atoms with Gasteiger partial charge >= 0.3 is 0 Å². The molecule has 3 nitrogen and oxygen atoms in total. The van der Waals surface area contributed by atoms with Crippen molar-refractivity contribution in [2.24, 2.45) is 5.73 Å². The molecule has 21 heavy (non-hydrogen) atoms. The molecule has 3 rings (SSSR count). The summed E-state index contributed by atoms with van der Waals surface area (Å²) < 4.78 is 5.67. The lowest BCUT2D eigenvalue weighted by atomic mass is 10.1. The Morgan fingerprint density at radius 2 is 1.67 bits per heavy atom. The number of ether oxygens (including phenoxy) is 1. The largest absolute Gasteiger partial charge is 0.492 e. The second kappa shape index (κ2) is 6.37. The number of fused-ring (bicyclic) bond motifs is 1. The highest BCUT2D eigenvalue weighted by molar-refractivity contribution is 5.78. The van der Waals surface area contributed by atoms with Crippen LogP contribution in [0, 0.1) is 0 Å². The van der Waals surface area contributed by atoms with Gasteiger partial charge in [0.25, 0.3) is 0 Å². The molecular formula is C18H18N2O. The quantitative estimate of drug-likeness (QED) is 0.779. The van der Waals surface area contributed by atoms with Crippen molar-refractivity contribution in [3.8, 4) is 5.75 Å². The van der Waals surface area contributed by atoms with Crippen molar-refractivity contribution in [3.63, 3.8) is 0 Å². The number of rotatable bonds is 5. The van der Waals surface area contributed by atoms with Gasteiger partial charge in [0.2, 0.25) is 0 Å². The van der Waals surface area contributed by atoms with Gasteiger partial charge in [0.05, 0.1) is 5.52 Å². The molecule has 3 heteroatoms. The fourth-order valence-electron chi connectivity index (χ4n) is 2.27. The average Bonchev–Trinajstić information content (AvgIpc) is 2.54. The zero-order valence-corrected chi connectivity index (χ0v) is 11.8. The van der Waals surface area contributed by atoms with Crippen LogP contribution in [0.4, 0.5) is 0 Å². The Labute approximate surface area is 124 Å². The molecule has 2 aromatic carbocycles. The van der Waals surface area contributed by atoms with Gasteiger partial charge in [-0.3, -0.25) is 4.98 Å². The van der Waals surface area contributed by atoms with Crippen molar-refractivity contribution in [1.82, 2.24) is 4.98 Å². The lowest BCUT2D eigenvalue weighted by molar-refractivity contribution is 0.287. The normalized spacial score (nSPS) is 12.2. The maximum atomic E-state index is 6.13. The molecule has 2 N–H and O–H groups in total. The second-order valence-electron chi connectivity index (χ2n) is 5.08. The molecule has 0 amide bonds. The summed E-state index contributed by atoms with van der Waals surface area (Å²) in [5, 5.41) is 1.15. The van der Waals surface area contributed by atoms with Gasteiger partial charge in [-0.2, -0.15) is 0 Å². The Balaban J connectivity index is 1.62. The van der Waals surface area contributed by atoms with Gasteiger partial charge in [-0.1, -0.05) is 42.5 Å². The second-order valence-corrected chi connectivity index (χ2v) is 5.08. The van der Waals surface area contributed by atoms with Crippen LogP contribution in [0.1, 0.15) is 5.69 Å². The van der Waals surface area contributed by atoms with Crippen molar-refractivity contribution in [3.05, 3.63) is 72.4 Å². The topological polar surface area (TPSA) is 48.1 Å². The third-order valence-corrected chi connectivity index (χ3v) is 3.33. The third kappa shape index (κ3) is 3.58. The minimum absolute atomic E-state index is 0.0705. The van der Waals surface area contributed by atoms with Crippen LogP contribution in [-0.4, -0.2) is 17.6 Å². The number of benzene rings is 2. The molecule has 0 saturated carbocycles. The summed E-state index contributed by atoms with van der Waals surface area (Å²) in [5.41, 5.74) is 8.14. The fraction of sp³-hybridized carbons (Fsp3) is 0.167. The van der Waals surface area contributed by atoms with E-state index in [2.05, 4.69) is 17.1 Å². The molecule has 1 aromatic heterocycles. The zero-order valence-electron chi connectivity index (χ0n) is 11.8. The molecule has 1 atom stereocenters. The van der Waals surface area contributed by atoms with Crippen molar-refractivity contribution in [2.75, 3.05) is 6.61 Å². The molecule has 1 heterocycles. The molecule has 0 aliphatic heterocycles. The van der Waals surface area contributed by atoms with Gasteiger partial charge in [0.15, 0.2) is 0 Å². The van der Waals surface area contributed by atoms with E-state index < -0.39 is 0 Å². The monoisotopic (exact) mass is 278 g/mol. The van der Waals surface area contributed by atoms with E-state index in [0.29, 0.717) is 13.0 Å². The Kier molecular flexibility index (Phi) is 4.12. The van der Waals surface area contributed by atoms with E-state index in [1.807, 2.05) is 54.6 Å². The first-order valence-electron chi connectivity index (χ1n) is 7.09. The van der Waals surface area contributed by atoms with Crippen LogP contribution in [-0.2, 0) is 6.42 Å². The number of hydrogen-bond acceptors (Lipinski definition) is 3. The van der Waals surface area contributed by atoms with E-state index in [4.69, 9.17) is 10.5 Å². The lowest BCUT2D eigenvalue weighted by Gasteiger charge is -2.13. The fourth-order valence-corrected chi connectivity index (χ4v) is 2.27. The molecule has 0 fully saturated rings. The minimum atomic E-state index is -0.0705. The molecule has 0 saturated heterocycles. The lowest BCUT2D eigenvalue weighted by Crippen LogP contribution is -2.30. The van der Waals surface area contributed by atoms with E-state index in [0.717, 1.165) is 22.3 Å². The summed E-state index contributed by atoms with van der Waals surface area (Å²) >= 11 is 0. The summed E-state index contributed by atoms with van der Waals surface area (Å²) in [4.78, 5) is 4.63. The highest BCUT2D eigenvalue weighted by atomic mass is 16.5. The van der Waals surface area contributed by atoms with Gasteiger partial charge in [0.1, 0.15) is 12.4 Å². The number of aromatic nitrogens is 1. The zero-order chi connectivity index (χ0) is 14.5. The smallest absolute Gasteiger partial charge is 0.119 e. The van der Waals surface area contributed by atoms with Crippen molar-refractivity contribution in [1.29, 1.82) is 0 Å². The Morgan fingerprint density at radius 3 is 2.52 bits per heavy atom. The standard InChI is InChI=1S/C18H18N2O/c19-15(13-21-17-7-2-1-3-8-17)12-16-11-10-14-6-4-5-9-18(14)20-16/h1-11,15H,12-13,19H2. The molecule has 0 aliphatic carbocycles. The maximum absolute atomic E-state index is 6.13. The van der Waals surface area contributed by atoms with Crippen LogP contribution in [0.25, 0.3) is 10.9 Å². The number of para-hydroxylation sites is 2. The summed E-state index contributed by atoms with van der Waals surface area (Å²) in [6, 6.07) is 21.9. The van der Waals surface area contributed by atoms with Gasteiger partial charge in [-0.25, -0.2) is 0 Å². The molecule has 0 aliphatic rings. The highest BCUT2D eigenvalue weighted by Crippen LogP contribution is 2.13. The van der Waals surface area contributed by atoms with Crippen molar-refractivity contribution >= 4 is 10.9 Å². The average molecular weight is 278 g/mol. The van der Waals surface area contributed by atoms with Crippen LogP contribution in [0.5, 0.6) is 5.75 Å².